The fourth-order valence-corrected chi connectivity index (χ4v) is 2.90. The number of carbonyl (C=O) groups excluding carboxylic acids is 1. The molecule has 18 heavy (non-hydrogen) atoms. The first-order chi connectivity index (χ1) is 8.60. The Bertz CT molecular complexity index is 295. The van der Waals surface area contributed by atoms with Crippen molar-refractivity contribution in [3.05, 3.63) is 0 Å². The minimum absolute atomic E-state index is 0.0350. The molecule has 1 aliphatic carbocycles. The van der Waals surface area contributed by atoms with E-state index in [1.165, 1.54) is 0 Å². The summed E-state index contributed by atoms with van der Waals surface area (Å²) in [5.41, 5.74) is 5.54. The van der Waals surface area contributed by atoms with E-state index >= 15 is 0 Å². The van der Waals surface area contributed by atoms with Gasteiger partial charge in [0, 0.05) is 6.54 Å². The van der Waals surface area contributed by atoms with E-state index in [4.69, 9.17) is 15.2 Å². The fourth-order valence-electron chi connectivity index (χ4n) is 2.90. The van der Waals surface area contributed by atoms with Crippen molar-refractivity contribution >= 4 is 5.97 Å². The topological polar surface area (TPSA) is 61.5 Å². The maximum Gasteiger partial charge on any atom is 0.335 e. The van der Waals surface area contributed by atoms with Crippen LogP contribution in [0.15, 0.2) is 0 Å². The van der Waals surface area contributed by atoms with Gasteiger partial charge in [0.2, 0.25) is 0 Å². The molecule has 2 N–H and O–H groups in total. The molecule has 1 saturated carbocycles. The van der Waals surface area contributed by atoms with Crippen LogP contribution in [0, 0.1) is 11.8 Å². The summed E-state index contributed by atoms with van der Waals surface area (Å²) in [6.07, 6.45) is 4.49. The average molecular weight is 255 g/mol. The second-order valence-corrected chi connectivity index (χ2v) is 5.89. The first kappa shape index (κ1) is 13.8. The lowest BCUT2D eigenvalue weighted by atomic mass is 9.80. The van der Waals surface area contributed by atoms with Crippen molar-refractivity contribution in [3.8, 4) is 0 Å². The second kappa shape index (κ2) is 6.02. The van der Waals surface area contributed by atoms with Crippen molar-refractivity contribution < 1.29 is 14.3 Å². The number of hydrogen-bond acceptors (Lipinski definition) is 4. The molecule has 104 valence electrons. The molecular weight excluding hydrogens is 230 g/mol. The predicted molar refractivity (Wildman–Crippen MR) is 69.0 cm³/mol. The molecular formula is C14H25NO3. The standard InChI is InChI=1S/C14H25NO3/c1-9-3-4-11(7-10(9)2)18-14(16)13-6-5-12(8-15)17-13/h9-13H,3-8,15H2,1-2H3. The van der Waals surface area contributed by atoms with E-state index in [0.717, 1.165) is 38.0 Å². The summed E-state index contributed by atoms with van der Waals surface area (Å²) in [5.74, 6) is 1.19. The summed E-state index contributed by atoms with van der Waals surface area (Å²) in [5, 5.41) is 0. The van der Waals surface area contributed by atoms with Gasteiger partial charge in [-0.1, -0.05) is 13.8 Å². The molecule has 0 radical (unpaired) electrons. The zero-order chi connectivity index (χ0) is 13.1. The Hall–Kier alpha value is -0.610. The SMILES string of the molecule is CC1CCC(OC(=O)C2CCC(CN)O2)CC1C. The van der Waals surface area contributed by atoms with Crippen LogP contribution in [0.25, 0.3) is 0 Å². The molecule has 5 atom stereocenters. The minimum atomic E-state index is -0.381. The number of nitrogens with two attached hydrogens (primary N) is 1. The molecule has 0 aromatic rings. The van der Waals surface area contributed by atoms with Crippen molar-refractivity contribution in [1.82, 2.24) is 0 Å². The van der Waals surface area contributed by atoms with E-state index < -0.39 is 0 Å². The van der Waals surface area contributed by atoms with Gasteiger partial charge in [-0.05, 0) is 43.9 Å². The third kappa shape index (κ3) is 3.23. The van der Waals surface area contributed by atoms with Crippen LogP contribution in [-0.2, 0) is 14.3 Å². The molecule has 4 heteroatoms. The summed E-state index contributed by atoms with van der Waals surface area (Å²) in [4.78, 5) is 12.0. The number of esters is 1. The maximum absolute atomic E-state index is 12.0. The van der Waals surface area contributed by atoms with E-state index in [-0.39, 0.29) is 24.3 Å². The van der Waals surface area contributed by atoms with Gasteiger partial charge in [0.05, 0.1) is 6.10 Å². The van der Waals surface area contributed by atoms with Gasteiger partial charge >= 0.3 is 5.97 Å². The number of ether oxygens (including phenoxy) is 2. The molecule has 1 saturated heterocycles. The molecule has 0 aromatic carbocycles. The lowest BCUT2D eigenvalue weighted by Crippen LogP contribution is -2.33. The smallest absolute Gasteiger partial charge is 0.335 e. The third-order valence-electron chi connectivity index (χ3n) is 4.47. The van der Waals surface area contributed by atoms with Crippen LogP contribution in [0.1, 0.15) is 46.0 Å². The van der Waals surface area contributed by atoms with Gasteiger partial charge in [-0.2, -0.15) is 0 Å². The van der Waals surface area contributed by atoms with Gasteiger partial charge in [0.25, 0.3) is 0 Å². The summed E-state index contributed by atoms with van der Waals surface area (Å²) in [6, 6.07) is 0. The van der Waals surface area contributed by atoms with Crippen molar-refractivity contribution in [2.24, 2.45) is 17.6 Å². The van der Waals surface area contributed by atoms with Crippen LogP contribution >= 0.6 is 0 Å². The highest BCUT2D eigenvalue weighted by atomic mass is 16.6. The lowest BCUT2D eigenvalue weighted by molar-refractivity contribution is -0.164. The van der Waals surface area contributed by atoms with Crippen molar-refractivity contribution in [1.29, 1.82) is 0 Å². The summed E-state index contributed by atoms with van der Waals surface area (Å²) in [7, 11) is 0. The Morgan fingerprint density at radius 1 is 1.22 bits per heavy atom. The lowest BCUT2D eigenvalue weighted by Gasteiger charge is -2.32. The van der Waals surface area contributed by atoms with E-state index in [9.17, 15) is 4.79 Å². The Balaban J connectivity index is 1.78. The first-order valence-corrected chi connectivity index (χ1v) is 7.16. The Morgan fingerprint density at radius 3 is 2.61 bits per heavy atom. The Morgan fingerprint density at radius 2 is 2.00 bits per heavy atom. The molecule has 2 rings (SSSR count). The molecule has 0 amide bonds. The van der Waals surface area contributed by atoms with Crippen LogP contribution in [-0.4, -0.2) is 30.8 Å². The van der Waals surface area contributed by atoms with Gasteiger partial charge in [0.15, 0.2) is 6.10 Å². The quantitative estimate of drug-likeness (QED) is 0.782. The largest absolute Gasteiger partial charge is 0.460 e. The highest BCUT2D eigenvalue weighted by molar-refractivity contribution is 5.75. The molecule has 5 unspecified atom stereocenters. The number of carbonyl (C=O) groups is 1. The number of rotatable bonds is 3. The van der Waals surface area contributed by atoms with E-state index in [1.807, 2.05) is 0 Å². The summed E-state index contributed by atoms with van der Waals surface area (Å²) >= 11 is 0. The normalized spacial score (nSPS) is 40.7. The zero-order valence-electron chi connectivity index (χ0n) is 11.4. The van der Waals surface area contributed by atoms with Crippen LogP contribution in [0.4, 0.5) is 0 Å². The molecule has 2 aliphatic rings. The van der Waals surface area contributed by atoms with Crippen LogP contribution in [0.5, 0.6) is 0 Å². The van der Waals surface area contributed by atoms with Crippen LogP contribution in [0.2, 0.25) is 0 Å². The van der Waals surface area contributed by atoms with Gasteiger partial charge in [0.1, 0.15) is 6.10 Å². The Labute approximate surface area is 109 Å². The van der Waals surface area contributed by atoms with Crippen LogP contribution < -0.4 is 5.73 Å². The zero-order valence-corrected chi connectivity index (χ0v) is 11.4. The minimum Gasteiger partial charge on any atom is -0.460 e. The maximum atomic E-state index is 12.0. The summed E-state index contributed by atoms with van der Waals surface area (Å²) in [6.45, 7) is 5.00. The summed E-state index contributed by atoms with van der Waals surface area (Å²) < 4.78 is 11.1. The predicted octanol–water partition coefficient (Wildman–Crippen LogP) is 1.86. The molecule has 2 fully saturated rings. The molecule has 4 nitrogen and oxygen atoms in total. The first-order valence-electron chi connectivity index (χ1n) is 7.16. The molecule has 1 aliphatic heterocycles. The molecule has 0 spiro atoms. The van der Waals surface area contributed by atoms with Gasteiger partial charge in [-0.25, -0.2) is 4.79 Å². The third-order valence-corrected chi connectivity index (χ3v) is 4.47. The van der Waals surface area contributed by atoms with Gasteiger partial charge in [-0.3, -0.25) is 0 Å². The van der Waals surface area contributed by atoms with Gasteiger partial charge in [-0.15, -0.1) is 0 Å². The highest BCUT2D eigenvalue weighted by Gasteiger charge is 2.34. The number of hydrogen-bond donors (Lipinski definition) is 1. The average Bonchev–Trinajstić information content (AvgIpc) is 2.82. The highest BCUT2D eigenvalue weighted by Crippen LogP contribution is 2.31. The molecule has 1 heterocycles. The van der Waals surface area contributed by atoms with Crippen molar-refractivity contribution in [3.63, 3.8) is 0 Å². The van der Waals surface area contributed by atoms with Gasteiger partial charge < -0.3 is 15.2 Å². The van der Waals surface area contributed by atoms with Crippen LogP contribution in [0.3, 0.4) is 0 Å². The van der Waals surface area contributed by atoms with E-state index in [2.05, 4.69) is 13.8 Å². The Kier molecular flexibility index (Phi) is 4.62. The second-order valence-electron chi connectivity index (χ2n) is 5.89. The monoisotopic (exact) mass is 255 g/mol. The van der Waals surface area contributed by atoms with Crippen molar-refractivity contribution in [2.75, 3.05) is 6.54 Å². The van der Waals surface area contributed by atoms with E-state index in [0.29, 0.717) is 12.5 Å². The molecule has 0 bridgehead atoms. The van der Waals surface area contributed by atoms with Crippen molar-refractivity contribution in [2.45, 2.75) is 64.3 Å². The van der Waals surface area contributed by atoms with E-state index in [1.54, 1.807) is 0 Å². The fraction of sp³-hybridized carbons (Fsp3) is 0.929. The molecule has 0 aromatic heterocycles.